The third kappa shape index (κ3) is 2.24. The fraction of sp³-hybridized carbons (Fsp3) is 0.375. The second-order valence-corrected chi connectivity index (χ2v) is 4.13. The predicted octanol–water partition coefficient (Wildman–Crippen LogP) is 1.32. The maximum atomic E-state index is 5.41. The van der Waals surface area contributed by atoms with Crippen LogP contribution in [-0.2, 0) is 0 Å². The van der Waals surface area contributed by atoms with E-state index < -0.39 is 0 Å². The molecule has 0 amide bonds. The SMILES string of the molecule is Cc1csc(C(C)Nc2n[nH]c(N)n2)n1. The number of nitrogen functional groups attached to an aromatic ring is 1. The Balaban J connectivity index is 2.06. The third-order valence-electron chi connectivity index (χ3n) is 1.86. The van der Waals surface area contributed by atoms with Gasteiger partial charge in [-0.1, -0.05) is 0 Å². The fourth-order valence-corrected chi connectivity index (χ4v) is 1.97. The van der Waals surface area contributed by atoms with E-state index in [-0.39, 0.29) is 6.04 Å². The summed E-state index contributed by atoms with van der Waals surface area (Å²) in [5, 5.41) is 12.6. The molecule has 1 unspecified atom stereocenters. The number of hydrogen-bond acceptors (Lipinski definition) is 6. The molecule has 15 heavy (non-hydrogen) atoms. The summed E-state index contributed by atoms with van der Waals surface area (Å²) in [6.45, 7) is 3.97. The Labute approximate surface area is 90.9 Å². The minimum Gasteiger partial charge on any atom is -0.368 e. The van der Waals surface area contributed by atoms with Gasteiger partial charge in [0.05, 0.1) is 6.04 Å². The monoisotopic (exact) mass is 224 g/mol. The van der Waals surface area contributed by atoms with Gasteiger partial charge in [0.2, 0.25) is 11.9 Å². The topological polar surface area (TPSA) is 92.5 Å². The minimum absolute atomic E-state index is 0.0823. The lowest BCUT2D eigenvalue weighted by Gasteiger charge is -2.07. The standard InChI is InChI=1S/C8H12N6S/c1-4-3-15-6(10-4)5(2)11-8-12-7(9)13-14-8/h3,5H,1-2H3,(H4,9,11,12,13,14). The second kappa shape index (κ2) is 3.85. The molecule has 2 rings (SSSR count). The van der Waals surface area contributed by atoms with Crippen LogP contribution in [0.2, 0.25) is 0 Å². The zero-order chi connectivity index (χ0) is 10.8. The lowest BCUT2D eigenvalue weighted by Crippen LogP contribution is -2.07. The summed E-state index contributed by atoms with van der Waals surface area (Å²) in [7, 11) is 0. The van der Waals surface area contributed by atoms with Crippen LogP contribution in [0.5, 0.6) is 0 Å². The molecule has 0 aromatic carbocycles. The fourth-order valence-electron chi connectivity index (χ4n) is 1.17. The van der Waals surface area contributed by atoms with Crippen LogP contribution in [0.25, 0.3) is 0 Å². The molecule has 0 saturated carbocycles. The van der Waals surface area contributed by atoms with Crippen LogP contribution in [0.3, 0.4) is 0 Å². The molecule has 0 aliphatic carbocycles. The number of thiazole rings is 1. The maximum absolute atomic E-state index is 5.41. The van der Waals surface area contributed by atoms with E-state index in [1.165, 1.54) is 0 Å². The van der Waals surface area contributed by atoms with Crippen LogP contribution in [-0.4, -0.2) is 20.2 Å². The highest BCUT2D eigenvalue weighted by molar-refractivity contribution is 7.09. The van der Waals surface area contributed by atoms with Crippen LogP contribution in [0.15, 0.2) is 5.38 Å². The van der Waals surface area contributed by atoms with Gasteiger partial charge < -0.3 is 11.1 Å². The van der Waals surface area contributed by atoms with E-state index in [0.717, 1.165) is 10.7 Å². The molecular formula is C8H12N6S. The first-order valence-corrected chi connectivity index (χ1v) is 5.39. The van der Waals surface area contributed by atoms with E-state index in [1.54, 1.807) is 11.3 Å². The molecule has 0 aliphatic rings. The first-order valence-electron chi connectivity index (χ1n) is 4.51. The van der Waals surface area contributed by atoms with Gasteiger partial charge in [0.25, 0.3) is 0 Å². The molecule has 2 aromatic rings. The molecule has 0 fully saturated rings. The van der Waals surface area contributed by atoms with Gasteiger partial charge in [0.1, 0.15) is 5.01 Å². The number of aromatic amines is 1. The summed E-state index contributed by atoms with van der Waals surface area (Å²) in [4.78, 5) is 8.33. The molecule has 0 spiro atoms. The van der Waals surface area contributed by atoms with Gasteiger partial charge in [0, 0.05) is 11.1 Å². The summed E-state index contributed by atoms with van der Waals surface area (Å²) in [6.07, 6.45) is 0. The Hall–Kier alpha value is -1.63. The Kier molecular flexibility index (Phi) is 2.55. The molecule has 0 bridgehead atoms. The molecule has 4 N–H and O–H groups in total. The van der Waals surface area contributed by atoms with Crippen LogP contribution < -0.4 is 11.1 Å². The quantitative estimate of drug-likeness (QED) is 0.731. The predicted molar refractivity (Wildman–Crippen MR) is 59.7 cm³/mol. The molecule has 80 valence electrons. The Morgan fingerprint density at radius 2 is 2.33 bits per heavy atom. The molecular weight excluding hydrogens is 212 g/mol. The first-order chi connectivity index (χ1) is 7.15. The Morgan fingerprint density at radius 3 is 2.87 bits per heavy atom. The lowest BCUT2D eigenvalue weighted by molar-refractivity contribution is 0.845. The van der Waals surface area contributed by atoms with Crippen molar-refractivity contribution in [2.24, 2.45) is 0 Å². The van der Waals surface area contributed by atoms with Crippen molar-refractivity contribution < 1.29 is 0 Å². The molecule has 0 aliphatic heterocycles. The van der Waals surface area contributed by atoms with Gasteiger partial charge in [-0.2, -0.15) is 4.98 Å². The van der Waals surface area contributed by atoms with Crippen molar-refractivity contribution in [1.29, 1.82) is 0 Å². The Morgan fingerprint density at radius 1 is 1.53 bits per heavy atom. The van der Waals surface area contributed by atoms with Crippen molar-refractivity contribution in [3.05, 3.63) is 16.1 Å². The summed E-state index contributed by atoms with van der Waals surface area (Å²) < 4.78 is 0. The number of nitrogens with one attached hydrogen (secondary N) is 2. The van der Waals surface area contributed by atoms with Gasteiger partial charge in [-0.15, -0.1) is 16.4 Å². The molecule has 6 nitrogen and oxygen atoms in total. The molecule has 2 aromatic heterocycles. The van der Waals surface area contributed by atoms with Crippen molar-refractivity contribution in [3.63, 3.8) is 0 Å². The molecule has 0 radical (unpaired) electrons. The molecule has 2 heterocycles. The minimum atomic E-state index is 0.0823. The highest BCUT2D eigenvalue weighted by atomic mass is 32.1. The van der Waals surface area contributed by atoms with Crippen molar-refractivity contribution in [3.8, 4) is 0 Å². The molecule has 0 saturated heterocycles. The number of nitrogens with zero attached hydrogens (tertiary/aromatic N) is 3. The van der Waals surface area contributed by atoms with E-state index in [1.807, 2.05) is 19.2 Å². The van der Waals surface area contributed by atoms with Gasteiger partial charge in [-0.25, -0.2) is 10.1 Å². The van der Waals surface area contributed by atoms with Crippen molar-refractivity contribution in [1.82, 2.24) is 20.2 Å². The number of aryl methyl sites for hydroxylation is 1. The van der Waals surface area contributed by atoms with E-state index in [4.69, 9.17) is 5.73 Å². The first kappa shape index (κ1) is 9.91. The number of rotatable bonds is 3. The van der Waals surface area contributed by atoms with Gasteiger partial charge in [0.15, 0.2) is 0 Å². The highest BCUT2D eigenvalue weighted by Crippen LogP contribution is 2.20. The molecule has 7 heteroatoms. The lowest BCUT2D eigenvalue weighted by atomic mass is 10.3. The summed E-state index contributed by atoms with van der Waals surface area (Å²) in [5.74, 6) is 0.799. The number of hydrogen-bond donors (Lipinski definition) is 3. The zero-order valence-electron chi connectivity index (χ0n) is 8.48. The van der Waals surface area contributed by atoms with E-state index in [2.05, 4.69) is 25.5 Å². The maximum Gasteiger partial charge on any atom is 0.244 e. The van der Waals surface area contributed by atoms with Crippen molar-refractivity contribution in [2.45, 2.75) is 19.9 Å². The normalized spacial score (nSPS) is 12.7. The van der Waals surface area contributed by atoms with Gasteiger partial charge in [-0.3, -0.25) is 0 Å². The molecule has 1 atom stereocenters. The van der Waals surface area contributed by atoms with Crippen LogP contribution in [0.4, 0.5) is 11.9 Å². The third-order valence-corrected chi connectivity index (χ3v) is 3.00. The Bertz CT molecular complexity index is 447. The number of aromatic nitrogens is 4. The van der Waals surface area contributed by atoms with Crippen LogP contribution in [0.1, 0.15) is 23.7 Å². The van der Waals surface area contributed by atoms with Gasteiger partial charge in [-0.05, 0) is 13.8 Å². The van der Waals surface area contributed by atoms with E-state index in [0.29, 0.717) is 11.9 Å². The smallest absolute Gasteiger partial charge is 0.244 e. The zero-order valence-corrected chi connectivity index (χ0v) is 9.30. The van der Waals surface area contributed by atoms with Crippen molar-refractivity contribution >= 4 is 23.2 Å². The van der Waals surface area contributed by atoms with E-state index >= 15 is 0 Å². The van der Waals surface area contributed by atoms with Crippen molar-refractivity contribution in [2.75, 3.05) is 11.1 Å². The second-order valence-electron chi connectivity index (χ2n) is 3.24. The average Bonchev–Trinajstić information content (AvgIpc) is 2.75. The number of H-pyrrole nitrogens is 1. The van der Waals surface area contributed by atoms with Crippen LogP contribution in [0, 0.1) is 6.92 Å². The summed E-state index contributed by atoms with van der Waals surface area (Å²) in [6, 6.07) is 0.0823. The largest absolute Gasteiger partial charge is 0.368 e. The summed E-state index contributed by atoms with van der Waals surface area (Å²) in [5.41, 5.74) is 6.44. The van der Waals surface area contributed by atoms with Crippen LogP contribution >= 0.6 is 11.3 Å². The van der Waals surface area contributed by atoms with Gasteiger partial charge >= 0.3 is 0 Å². The van der Waals surface area contributed by atoms with E-state index in [9.17, 15) is 0 Å². The summed E-state index contributed by atoms with van der Waals surface area (Å²) >= 11 is 1.61. The number of nitrogens with two attached hydrogens (primary N) is 1. The average molecular weight is 224 g/mol. The highest BCUT2D eigenvalue weighted by Gasteiger charge is 2.11. The number of anilines is 2.